The second kappa shape index (κ2) is 3.15. The van der Waals surface area contributed by atoms with E-state index < -0.39 is 7.12 Å². The lowest BCUT2D eigenvalue weighted by Crippen LogP contribution is -2.37. The van der Waals surface area contributed by atoms with E-state index in [0.29, 0.717) is 5.92 Å². The maximum Gasteiger partial charge on any atom is 0.458 e. The van der Waals surface area contributed by atoms with E-state index in [-0.39, 0.29) is 5.31 Å². The van der Waals surface area contributed by atoms with Crippen LogP contribution in [0.2, 0.25) is 5.31 Å². The first-order chi connectivity index (χ1) is 5.07. The molecule has 0 amide bonds. The molecule has 0 radical (unpaired) electrons. The van der Waals surface area contributed by atoms with Gasteiger partial charge in [0.1, 0.15) is 0 Å². The summed E-state index contributed by atoms with van der Waals surface area (Å²) in [6, 6.07) is 0. The Morgan fingerprint density at radius 3 is 2.36 bits per heavy atom. The van der Waals surface area contributed by atoms with E-state index in [1.807, 2.05) is 6.92 Å². The van der Waals surface area contributed by atoms with Crippen LogP contribution in [-0.4, -0.2) is 17.2 Å². The van der Waals surface area contributed by atoms with Gasteiger partial charge in [0, 0.05) is 5.31 Å². The van der Waals surface area contributed by atoms with Gasteiger partial charge in [-0.2, -0.15) is 0 Å². The molecule has 1 aliphatic carbocycles. The Labute approximate surface area is 68.8 Å². The SMILES string of the molecule is CC1CCCCC1(C)B(O)O. The Balaban J connectivity index is 2.64. The zero-order valence-electron chi connectivity index (χ0n) is 7.38. The van der Waals surface area contributed by atoms with E-state index in [4.69, 9.17) is 10.0 Å². The monoisotopic (exact) mass is 156 g/mol. The van der Waals surface area contributed by atoms with Gasteiger partial charge in [0.25, 0.3) is 0 Å². The third kappa shape index (κ3) is 1.59. The van der Waals surface area contributed by atoms with Gasteiger partial charge in [-0.1, -0.05) is 33.1 Å². The summed E-state index contributed by atoms with van der Waals surface area (Å²) in [5.41, 5.74) is 0. The van der Waals surface area contributed by atoms with Gasteiger partial charge in [-0.3, -0.25) is 0 Å². The fourth-order valence-corrected chi connectivity index (χ4v) is 1.92. The summed E-state index contributed by atoms with van der Waals surface area (Å²) in [5, 5.41) is 18.1. The molecule has 2 atom stereocenters. The number of rotatable bonds is 1. The first-order valence-electron chi connectivity index (χ1n) is 4.43. The number of hydrogen-bond acceptors (Lipinski definition) is 2. The normalized spacial score (nSPS) is 38.7. The van der Waals surface area contributed by atoms with E-state index in [9.17, 15) is 0 Å². The van der Waals surface area contributed by atoms with Crippen molar-refractivity contribution in [3.63, 3.8) is 0 Å². The molecule has 1 fully saturated rings. The van der Waals surface area contributed by atoms with Crippen molar-refractivity contribution in [3.05, 3.63) is 0 Å². The minimum absolute atomic E-state index is 0.252. The average Bonchev–Trinajstić information content (AvgIpc) is 1.95. The van der Waals surface area contributed by atoms with E-state index in [1.54, 1.807) is 0 Å². The summed E-state index contributed by atoms with van der Waals surface area (Å²) in [6.07, 6.45) is 4.46. The molecule has 64 valence electrons. The molecule has 11 heavy (non-hydrogen) atoms. The molecule has 0 saturated heterocycles. The van der Waals surface area contributed by atoms with Crippen molar-refractivity contribution < 1.29 is 10.0 Å². The molecule has 0 aromatic carbocycles. The first kappa shape index (κ1) is 9.08. The van der Waals surface area contributed by atoms with Gasteiger partial charge in [-0.15, -0.1) is 0 Å². The Hall–Kier alpha value is -0.0151. The molecule has 0 bridgehead atoms. The number of hydrogen-bond donors (Lipinski definition) is 2. The molecule has 0 heterocycles. The Bertz CT molecular complexity index is 138. The summed E-state index contributed by atoms with van der Waals surface area (Å²) >= 11 is 0. The third-order valence-corrected chi connectivity index (χ3v) is 3.32. The van der Waals surface area contributed by atoms with Crippen molar-refractivity contribution >= 4 is 7.12 Å². The second-order valence-corrected chi connectivity index (χ2v) is 4.03. The highest BCUT2D eigenvalue weighted by Crippen LogP contribution is 2.47. The molecule has 0 aromatic heterocycles. The standard InChI is InChI=1S/C8H17BO2/c1-7-5-3-4-6-8(7,2)9(10)11/h7,10-11H,3-6H2,1-2H3. The Morgan fingerprint density at radius 1 is 1.36 bits per heavy atom. The highest BCUT2D eigenvalue weighted by molar-refractivity contribution is 6.45. The fourth-order valence-electron chi connectivity index (χ4n) is 1.92. The highest BCUT2D eigenvalue weighted by Gasteiger charge is 2.43. The summed E-state index contributed by atoms with van der Waals surface area (Å²) in [4.78, 5) is 0. The van der Waals surface area contributed by atoms with Crippen LogP contribution in [0, 0.1) is 5.92 Å². The lowest BCUT2D eigenvalue weighted by atomic mass is 9.48. The first-order valence-corrected chi connectivity index (χ1v) is 4.43. The molecule has 1 aliphatic rings. The summed E-state index contributed by atoms with van der Waals surface area (Å²) in [6.45, 7) is 4.08. The predicted molar refractivity (Wildman–Crippen MR) is 46.2 cm³/mol. The van der Waals surface area contributed by atoms with Crippen LogP contribution in [0.3, 0.4) is 0 Å². The smallest absolute Gasteiger partial charge is 0.427 e. The lowest BCUT2D eigenvalue weighted by Gasteiger charge is -2.38. The van der Waals surface area contributed by atoms with Gasteiger partial charge < -0.3 is 10.0 Å². The molecule has 3 heteroatoms. The zero-order chi connectivity index (χ0) is 8.48. The van der Waals surface area contributed by atoms with E-state index in [2.05, 4.69) is 6.92 Å². The van der Waals surface area contributed by atoms with Crippen molar-refractivity contribution in [1.29, 1.82) is 0 Å². The molecule has 2 N–H and O–H groups in total. The average molecular weight is 156 g/mol. The van der Waals surface area contributed by atoms with Gasteiger partial charge in [-0.05, 0) is 12.3 Å². The maximum absolute atomic E-state index is 9.16. The molecule has 0 spiro atoms. The van der Waals surface area contributed by atoms with Crippen molar-refractivity contribution in [2.45, 2.75) is 44.8 Å². The third-order valence-electron chi connectivity index (χ3n) is 3.32. The Morgan fingerprint density at radius 2 is 2.00 bits per heavy atom. The maximum atomic E-state index is 9.16. The van der Waals surface area contributed by atoms with Crippen LogP contribution in [0.1, 0.15) is 39.5 Å². The summed E-state index contributed by atoms with van der Waals surface area (Å²) in [5.74, 6) is 0.441. The van der Waals surface area contributed by atoms with Gasteiger partial charge in [0.2, 0.25) is 0 Å². The van der Waals surface area contributed by atoms with Crippen LogP contribution >= 0.6 is 0 Å². The minimum Gasteiger partial charge on any atom is -0.427 e. The van der Waals surface area contributed by atoms with Crippen LogP contribution in [0.5, 0.6) is 0 Å². The fraction of sp³-hybridized carbons (Fsp3) is 1.00. The van der Waals surface area contributed by atoms with Gasteiger partial charge in [-0.25, -0.2) is 0 Å². The van der Waals surface area contributed by atoms with Crippen LogP contribution in [0.15, 0.2) is 0 Å². The van der Waals surface area contributed by atoms with E-state index in [0.717, 1.165) is 19.3 Å². The van der Waals surface area contributed by atoms with Crippen molar-refractivity contribution in [2.24, 2.45) is 5.92 Å². The summed E-state index contributed by atoms with van der Waals surface area (Å²) in [7, 11) is -1.14. The topological polar surface area (TPSA) is 40.5 Å². The molecule has 0 aromatic rings. The molecular weight excluding hydrogens is 139 g/mol. The van der Waals surface area contributed by atoms with Crippen LogP contribution in [0.4, 0.5) is 0 Å². The van der Waals surface area contributed by atoms with Crippen molar-refractivity contribution in [3.8, 4) is 0 Å². The molecule has 1 rings (SSSR count). The summed E-state index contributed by atoms with van der Waals surface area (Å²) < 4.78 is 0. The van der Waals surface area contributed by atoms with Gasteiger partial charge in [0.15, 0.2) is 0 Å². The second-order valence-electron chi connectivity index (χ2n) is 4.03. The Kier molecular flexibility index (Phi) is 2.60. The molecule has 0 aliphatic heterocycles. The predicted octanol–water partition coefficient (Wildman–Crippen LogP) is 1.43. The molecule has 1 saturated carbocycles. The van der Waals surface area contributed by atoms with Crippen LogP contribution < -0.4 is 0 Å². The minimum atomic E-state index is -1.14. The molecular formula is C8H17BO2. The van der Waals surface area contributed by atoms with Crippen LogP contribution in [0.25, 0.3) is 0 Å². The van der Waals surface area contributed by atoms with Crippen LogP contribution in [-0.2, 0) is 0 Å². The van der Waals surface area contributed by atoms with Crippen molar-refractivity contribution in [1.82, 2.24) is 0 Å². The molecule has 2 nitrogen and oxygen atoms in total. The van der Waals surface area contributed by atoms with Gasteiger partial charge >= 0.3 is 7.12 Å². The zero-order valence-corrected chi connectivity index (χ0v) is 7.38. The van der Waals surface area contributed by atoms with E-state index in [1.165, 1.54) is 6.42 Å². The lowest BCUT2D eigenvalue weighted by molar-refractivity contribution is 0.225. The largest absolute Gasteiger partial charge is 0.458 e. The highest BCUT2D eigenvalue weighted by atomic mass is 16.4. The molecule has 2 unspecified atom stereocenters. The quantitative estimate of drug-likeness (QED) is 0.563. The van der Waals surface area contributed by atoms with Gasteiger partial charge in [0.05, 0.1) is 0 Å². The van der Waals surface area contributed by atoms with E-state index >= 15 is 0 Å². The van der Waals surface area contributed by atoms with Crippen molar-refractivity contribution in [2.75, 3.05) is 0 Å².